The van der Waals surface area contributed by atoms with Gasteiger partial charge in [0.2, 0.25) is 5.91 Å². The Morgan fingerprint density at radius 2 is 1.77 bits per heavy atom. The van der Waals surface area contributed by atoms with E-state index in [4.69, 9.17) is 8.92 Å². The molecule has 1 aliphatic heterocycles. The summed E-state index contributed by atoms with van der Waals surface area (Å²) in [4.78, 5) is 25.4. The second kappa shape index (κ2) is 8.85. The number of carbonyl (C=O) groups excluding carboxylic acids is 2. The Kier molecular flexibility index (Phi) is 6.42. The van der Waals surface area contributed by atoms with Gasteiger partial charge in [0.25, 0.3) is 5.91 Å². The van der Waals surface area contributed by atoms with Crippen LogP contribution in [0.15, 0.2) is 47.4 Å². The normalized spacial score (nSPS) is 14.2. The second-order valence-corrected chi connectivity index (χ2v) is 8.66. The third kappa shape index (κ3) is 4.98. The summed E-state index contributed by atoms with van der Waals surface area (Å²) in [5, 5.41) is 2.47. The van der Waals surface area contributed by atoms with Gasteiger partial charge >= 0.3 is 10.1 Å². The number of aryl methyl sites for hydroxylation is 2. The molecule has 9 heteroatoms. The highest BCUT2D eigenvalue weighted by Gasteiger charge is 2.32. The lowest BCUT2D eigenvalue weighted by molar-refractivity contribution is -0.130. The van der Waals surface area contributed by atoms with Gasteiger partial charge in [0, 0.05) is 25.7 Å². The summed E-state index contributed by atoms with van der Waals surface area (Å²) < 4.78 is 35.8. The van der Waals surface area contributed by atoms with Crippen LogP contribution >= 0.6 is 0 Å². The van der Waals surface area contributed by atoms with Crippen molar-refractivity contribution in [2.45, 2.75) is 24.8 Å². The fourth-order valence-corrected chi connectivity index (χ4v) is 4.21. The molecule has 1 fully saturated rings. The summed E-state index contributed by atoms with van der Waals surface area (Å²) in [5.41, 5.74) is 1.82. The molecule has 1 saturated heterocycles. The molecule has 0 saturated carbocycles. The summed E-state index contributed by atoms with van der Waals surface area (Å²) in [5.74, 6) is -0.284. The Labute approximate surface area is 175 Å². The number of nitrogens with one attached hydrogen (secondary N) is 1. The number of amides is 2. The molecule has 3 rings (SSSR count). The van der Waals surface area contributed by atoms with Gasteiger partial charge in [0.15, 0.2) is 0 Å². The summed E-state index contributed by atoms with van der Waals surface area (Å²) in [6.45, 7) is 4.27. The molecule has 2 aromatic carbocycles. The number of hydrogen-bond donors (Lipinski definition) is 1. The van der Waals surface area contributed by atoms with Crippen molar-refractivity contribution in [3.63, 3.8) is 0 Å². The molecule has 0 unspecified atom stereocenters. The van der Waals surface area contributed by atoms with Crippen LogP contribution in [0.3, 0.4) is 0 Å². The van der Waals surface area contributed by atoms with E-state index in [9.17, 15) is 18.0 Å². The van der Waals surface area contributed by atoms with E-state index in [1.807, 2.05) is 13.0 Å². The number of likely N-dealkylation sites (tertiary alicyclic amines) is 1. The fraction of sp³-hybridized carbons (Fsp3) is 0.333. The van der Waals surface area contributed by atoms with Crippen molar-refractivity contribution >= 4 is 21.9 Å². The van der Waals surface area contributed by atoms with E-state index in [-0.39, 0.29) is 35.2 Å². The predicted molar refractivity (Wildman–Crippen MR) is 110 cm³/mol. The quantitative estimate of drug-likeness (QED) is 0.668. The Bertz CT molecular complexity index is 1040. The van der Waals surface area contributed by atoms with Crippen molar-refractivity contribution in [3.8, 4) is 5.75 Å². The van der Waals surface area contributed by atoms with Crippen LogP contribution in [0.1, 0.15) is 21.5 Å². The molecule has 30 heavy (non-hydrogen) atoms. The van der Waals surface area contributed by atoms with E-state index in [0.29, 0.717) is 24.2 Å². The van der Waals surface area contributed by atoms with Crippen LogP contribution in [0.25, 0.3) is 0 Å². The molecule has 0 bridgehead atoms. The van der Waals surface area contributed by atoms with Crippen LogP contribution in [-0.4, -0.2) is 58.0 Å². The molecule has 0 atom stereocenters. The minimum atomic E-state index is -3.98. The maximum atomic E-state index is 12.6. The largest absolute Gasteiger partial charge is 0.379 e. The number of hydrogen-bond acceptors (Lipinski definition) is 6. The monoisotopic (exact) mass is 432 g/mol. The van der Waals surface area contributed by atoms with Gasteiger partial charge in [-0.3, -0.25) is 9.59 Å². The molecular weight excluding hydrogens is 408 g/mol. The van der Waals surface area contributed by atoms with Crippen LogP contribution in [-0.2, 0) is 19.6 Å². The number of ether oxygens (including phenoxy) is 1. The zero-order chi connectivity index (χ0) is 21.9. The standard InChI is InChI=1S/C21H24N2O6S/c1-14-4-5-15(2)19(10-14)30(26,27)29-17-8-6-16(7-9-17)21(25)23-11-18(12-23)28-13-20(24)22-3/h4-10,18H,11-13H2,1-3H3,(H,22,24). The van der Waals surface area contributed by atoms with E-state index in [0.717, 1.165) is 5.56 Å². The first-order chi connectivity index (χ1) is 14.2. The van der Waals surface area contributed by atoms with E-state index >= 15 is 0 Å². The van der Waals surface area contributed by atoms with Crippen LogP contribution < -0.4 is 9.50 Å². The first kappa shape index (κ1) is 21.8. The third-order valence-electron chi connectivity index (χ3n) is 4.78. The van der Waals surface area contributed by atoms with Crippen LogP contribution in [0.5, 0.6) is 5.75 Å². The van der Waals surface area contributed by atoms with Crippen molar-refractivity contribution in [1.82, 2.24) is 10.2 Å². The van der Waals surface area contributed by atoms with Crippen molar-refractivity contribution in [3.05, 3.63) is 59.2 Å². The van der Waals surface area contributed by atoms with Gasteiger partial charge in [-0.1, -0.05) is 12.1 Å². The Hall–Kier alpha value is -2.91. The highest BCUT2D eigenvalue weighted by atomic mass is 32.2. The topological polar surface area (TPSA) is 102 Å². The molecular formula is C21H24N2O6S. The lowest BCUT2D eigenvalue weighted by Gasteiger charge is -2.38. The van der Waals surface area contributed by atoms with E-state index in [1.54, 1.807) is 24.0 Å². The van der Waals surface area contributed by atoms with E-state index in [2.05, 4.69) is 5.32 Å². The zero-order valence-corrected chi connectivity index (χ0v) is 17.9. The third-order valence-corrected chi connectivity index (χ3v) is 6.17. The second-order valence-electron chi connectivity index (χ2n) is 7.15. The van der Waals surface area contributed by atoms with Crippen molar-refractivity contribution < 1.29 is 26.9 Å². The number of carbonyl (C=O) groups is 2. The van der Waals surface area contributed by atoms with Gasteiger partial charge in [0.05, 0.1) is 6.10 Å². The molecule has 8 nitrogen and oxygen atoms in total. The summed E-state index contributed by atoms with van der Waals surface area (Å²) in [6, 6.07) is 11.1. The minimum absolute atomic E-state index is 0.0376. The highest BCUT2D eigenvalue weighted by Crippen LogP contribution is 2.24. The Balaban J connectivity index is 1.59. The molecule has 1 aliphatic rings. The van der Waals surface area contributed by atoms with Gasteiger partial charge in [0.1, 0.15) is 17.3 Å². The number of nitrogens with zero attached hydrogens (tertiary/aromatic N) is 1. The number of likely N-dealkylation sites (N-methyl/N-ethyl adjacent to an activating group) is 1. The summed E-state index contributed by atoms with van der Waals surface area (Å²) in [7, 11) is -2.45. The first-order valence-corrected chi connectivity index (χ1v) is 10.8. The Morgan fingerprint density at radius 3 is 2.40 bits per heavy atom. The molecule has 160 valence electrons. The fourth-order valence-electron chi connectivity index (χ4n) is 2.96. The molecule has 0 radical (unpaired) electrons. The average Bonchev–Trinajstić information content (AvgIpc) is 2.68. The first-order valence-electron chi connectivity index (χ1n) is 9.43. The van der Waals surface area contributed by atoms with E-state index < -0.39 is 10.1 Å². The van der Waals surface area contributed by atoms with Crippen LogP contribution in [0.2, 0.25) is 0 Å². The molecule has 1 heterocycles. The smallest absolute Gasteiger partial charge is 0.339 e. The minimum Gasteiger partial charge on any atom is -0.379 e. The highest BCUT2D eigenvalue weighted by molar-refractivity contribution is 7.87. The molecule has 2 aromatic rings. The Morgan fingerprint density at radius 1 is 1.10 bits per heavy atom. The molecule has 2 amide bonds. The summed E-state index contributed by atoms with van der Waals surface area (Å²) in [6.07, 6.45) is -0.170. The average molecular weight is 432 g/mol. The molecule has 0 aromatic heterocycles. The number of benzene rings is 2. The SMILES string of the molecule is CNC(=O)COC1CN(C(=O)c2ccc(OS(=O)(=O)c3cc(C)ccc3C)cc2)C1. The molecule has 0 aliphatic carbocycles. The van der Waals surface area contributed by atoms with Gasteiger partial charge in [-0.2, -0.15) is 8.42 Å². The van der Waals surface area contributed by atoms with Gasteiger partial charge < -0.3 is 19.1 Å². The van der Waals surface area contributed by atoms with Crippen molar-refractivity contribution in [1.29, 1.82) is 0 Å². The maximum Gasteiger partial charge on any atom is 0.339 e. The van der Waals surface area contributed by atoms with Gasteiger partial charge in [-0.15, -0.1) is 0 Å². The van der Waals surface area contributed by atoms with E-state index in [1.165, 1.54) is 31.3 Å². The van der Waals surface area contributed by atoms with Crippen LogP contribution in [0, 0.1) is 13.8 Å². The number of rotatable bonds is 7. The van der Waals surface area contributed by atoms with Crippen molar-refractivity contribution in [2.75, 3.05) is 26.7 Å². The molecule has 0 spiro atoms. The summed E-state index contributed by atoms with van der Waals surface area (Å²) >= 11 is 0. The maximum absolute atomic E-state index is 12.6. The van der Waals surface area contributed by atoms with Crippen LogP contribution in [0.4, 0.5) is 0 Å². The lowest BCUT2D eigenvalue weighted by Crippen LogP contribution is -2.55. The van der Waals surface area contributed by atoms with Gasteiger partial charge in [-0.25, -0.2) is 0 Å². The molecule has 1 N–H and O–H groups in total. The predicted octanol–water partition coefficient (Wildman–Crippen LogP) is 1.66. The zero-order valence-electron chi connectivity index (χ0n) is 17.0. The van der Waals surface area contributed by atoms with Gasteiger partial charge in [-0.05, 0) is 55.3 Å². The lowest BCUT2D eigenvalue weighted by atomic mass is 10.1. The van der Waals surface area contributed by atoms with Crippen molar-refractivity contribution in [2.24, 2.45) is 0 Å².